The summed E-state index contributed by atoms with van der Waals surface area (Å²) in [4.78, 5) is 12.0. The van der Waals surface area contributed by atoms with Crippen LogP contribution in [-0.2, 0) is 19.4 Å². The number of likely N-dealkylation sites (tertiary alicyclic amines) is 1. The van der Waals surface area contributed by atoms with Crippen molar-refractivity contribution in [3.8, 4) is 0 Å². The largest absolute Gasteiger partial charge is 0.469 e. The van der Waals surface area contributed by atoms with E-state index >= 15 is 0 Å². The van der Waals surface area contributed by atoms with Gasteiger partial charge in [0, 0.05) is 31.5 Å². The molecule has 0 amide bonds. The summed E-state index contributed by atoms with van der Waals surface area (Å²) in [6.45, 7) is 8.96. The van der Waals surface area contributed by atoms with Gasteiger partial charge in [0.2, 0.25) is 0 Å². The summed E-state index contributed by atoms with van der Waals surface area (Å²) in [5.74, 6) is 3.83. The average Bonchev–Trinajstić information content (AvgIpc) is 3.45. The zero-order valence-corrected chi connectivity index (χ0v) is 20.3. The van der Waals surface area contributed by atoms with Crippen molar-refractivity contribution >= 4 is 29.9 Å². The van der Waals surface area contributed by atoms with Gasteiger partial charge < -0.3 is 15.1 Å². The topological polar surface area (TPSA) is 83.5 Å². The van der Waals surface area contributed by atoms with E-state index in [1.165, 1.54) is 19.4 Å². The van der Waals surface area contributed by atoms with Crippen LogP contribution in [0.4, 0.5) is 0 Å². The molecule has 1 saturated heterocycles. The van der Waals surface area contributed by atoms with E-state index in [-0.39, 0.29) is 24.0 Å². The molecule has 0 aromatic carbocycles. The number of nitrogens with zero attached hydrogens (tertiary/aromatic N) is 5. The van der Waals surface area contributed by atoms with Gasteiger partial charge in [0.05, 0.1) is 19.4 Å². The second-order valence-electron chi connectivity index (χ2n) is 8.01. The van der Waals surface area contributed by atoms with Crippen molar-refractivity contribution in [2.24, 2.45) is 4.99 Å². The molecule has 30 heavy (non-hydrogen) atoms. The van der Waals surface area contributed by atoms with Crippen LogP contribution in [0.2, 0.25) is 0 Å². The monoisotopic (exact) mass is 527 g/mol. The van der Waals surface area contributed by atoms with Gasteiger partial charge in [-0.25, -0.2) is 9.67 Å². The van der Waals surface area contributed by atoms with Crippen LogP contribution in [0.25, 0.3) is 0 Å². The fraction of sp³-hybridized carbons (Fsp3) is 0.667. The lowest BCUT2D eigenvalue weighted by atomic mass is 10.1. The Morgan fingerprint density at radius 1 is 1.37 bits per heavy atom. The molecule has 2 aliphatic heterocycles. The predicted molar refractivity (Wildman–Crippen MR) is 128 cm³/mol. The van der Waals surface area contributed by atoms with E-state index in [0.717, 1.165) is 68.8 Å². The van der Waals surface area contributed by atoms with Gasteiger partial charge in [0.1, 0.15) is 17.4 Å². The Hall–Kier alpha value is -1.62. The Morgan fingerprint density at radius 3 is 3.07 bits per heavy atom. The molecular formula is C21H34IN7O. The van der Waals surface area contributed by atoms with Crippen LogP contribution in [-0.4, -0.2) is 63.9 Å². The van der Waals surface area contributed by atoms with Crippen LogP contribution in [0.15, 0.2) is 27.8 Å². The normalized spacial score (nSPS) is 21.9. The summed E-state index contributed by atoms with van der Waals surface area (Å²) in [6.07, 6.45) is 7.07. The fourth-order valence-corrected chi connectivity index (χ4v) is 4.37. The minimum absolute atomic E-state index is 0. The summed E-state index contributed by atoms with van der Waals surface area (Å²) in [7, 11) is 0. The van der Waals surface area contributed by atoms with Crippen molar-refractivity contribution in [1.29, 1.82) is 0 Å². The first-order valence-corrected chi connectivity index (χ1v) is 10.9. The lowest BCUT2D eigenvalue weighted by Crippen LogP contribution is -2.48. The van der Waals surface area contributed by atoms with Crippen molar-refractivity contribution in [3.63, 3.8) is 0 Å². The summed E-state index contributed by atoms with van der Waals surface area (Å²) in [5, 5.41) is 11.7. The SMILES string of the molecule is CCN1CCCC1CN=C(NCCc1ccco1)NC1CCc2nc(C)nn2C1.I. The molecule has 166 valence electrons. The third-order valence-corrected chi connectivity index (χ3v) is 5.91. The molecule has 0 bridgehead atoms. The summed E-state index contributed by atoms with van der Waals surface area (Å²) in [6, 6.07) is 4.81. The molecule has 4 rings (SSSR count). The maximum absolute atomic E-state index is 5.45. The van der Waals surface area contributed by atoms with Crippen molar-refractivity contribution in [1.82, 2.24) is 30.3 Å². The Labute approximate surface area is 195 Å². The van der Waals surface area contributed by atoms with Gasteiger partial charge in [-0.1, -0.05) is 6.92 Å². The average molecular weight is 527 g/mol. The Bertz CT molecular complexity index is 804. The summed E-state index contributed by atoms with van der Waals surface area (Å²) >= 11 is 0. The van der Waals surface area contributed by atoms with Crippen LogP contribution < -0.4 is 10.6 Å². The predicted octanol–water partition coefficient (Wildman–Crippen LogP) is 2.37. The molecule has 0 radical (unpaired) electrons. The fourth-order valence-electron chi connectivity index (χ4n) is 4.37. The minimum Gasteiger partial charge on any atom is -0.469 e. The first kappa shape index (κ1) is 23.1. The third kappa shape index (κ3) is 5.96. The molecule has 2 aliphatic rings. The Balaban J connectivity index is 0.00000256. The van der Waals surface area contributed by atoms with E-state index in [0.29, 0.717) is 12.1 Å². The van der Waals surface area contributed by atoms with Gasteiger partial charge in [-0.15, -0.1) is 24.0 Å². The van der Waals surface area contributed by atoms with Crippen LogP contribution >= 0.6 is 24.0 Å². The number of aromatic nitrogens is 3. The smallest absolute Gasteiger partial charge is 0.191 e. The van der Waals surface area contributed by atoms with Gasteiger partial charge in [-0.2, -0.15) is 5.10 Å². The van der Waals surface area contributed by atoms with Crippen LogP contribution in [0, 0.1) is 6.92 Å². The highest BCUT2D eigenvalue weighted by atomic mass is 127. The number of guanidine groups is 1. The molecule has 8 nitrogen and oxygen atoms in total. The standard InChI is InChI=1S/C21H33N7O.HI/c1-3-27-12-4-6-18(27)14-23-21(22-11-10-19-7-5-13-29-19)25-17-8-9-20-24-16(2)26-28(20)15-17;/h5,7,13,17-18H,3-4,6,8-12,14-15H2,1-2H3,(H2,22,23,25);1H. The molecule has 2 N–H and O–H groups in total. The number of fused-ring (bicyclic) bond motifs is 1. The molecule has 2 unspecified atom stereocenters. The molecule has 2 aromatic heterocycles. The number of likely N-dealkylation sites (N-methyl/N-ethyl adjacent to an activating group) is 1. The zero-order chi connectivity index (χ0) is 20.1. The summed E-state index contributed by atoms with van der Waals surface area (Å²) < 4.78 is 7.49. The molecular weight excluding hydrogens is 493 g/mol. The van der Waals surface area contributed by atoms with E-state index in [2.05, 4.69) is 32.5 Å². The van der Waals surface area contributed by atoms with Crippen LogP contribution in [0.3, 0.4) is 0 Å². The molecule has 0 saturated carbocycles. The zero-order valence-electron chi connectivity index (χ0n) is 18.0. The molecule has 0 aliphatic carbocycles. The molecule has 2 aromatic rings. The van der Waals surface area contributed by atoms with E-state index < -0.39 is 0 Å². The Kier molecular flexibility index (Phi) is 8.55. The van der Waals surface area contributed by atoms with Gasteiger partial charge in [-0.3, -0.25) is 9.89 Å². The number of hydrogen-bond donors (Lipinski definition) is 2. The van der Waals surface area contributed by atoms with Crippen molar-refractivity contribution < 1.29 is 4.42 Å². The van der Waals surface area contributed by atoms with Crippen molar-refractivity contribution in [2.75, 3.05) is 26.2 Å². The van der Waals surface area contributed by atoms with E-state index in [1.807, 2.05) is 23.7 Å². The Morgan fingerprint density at radius 2 is 2.27 bits per heavy atom. The van der Waals surface area contributed by atoms with E-state index in [1.54, 1.807) is 6.26 Å². The van der Waals surface area contributed by atoms with Crippen LogP contribution in [0.5, 0.6) is 0 Å². The number of nitrogens with one attached hydrogen (secondary N) is 2. The number of halogens is 1. The van der Waals surface area contributed by atoms with Gasteiger partial charge in [0.15, 0.2) is 5.96 Å². The lowest BCUT2D eigenvalue weighted by molar-refractivity contribution is 0.272. The molecule has 2 atom stereocenters. The minimum atomic E-state index is 0. The maximum Gasteiger partial charge on any atom is 0.191 e. The molecule has 4 heterocycles. The second-order valence-corrected chi connectivity index (χ2v) is 8.01. The first-order valence-electron chi connectivity index (χ1n) is 10.9. The third-order valence-electron chi connectivity index (χ3n) is 5.91. The number of furan rings is 1. The van der Waals surface area contributed by atoms with Gasteiger partial charge in [0.25, 0.3) is 0 Å². The number of hydrogen-bond acceptors (Lipinski definition) is 5. The second kappa shape index (κ2) is 11.1. The lowest BCUT2D eigenvalue weighted by Gasteiger charge is -2.26. The van der Waals surface area contributed by atoms with Crippen LogP contribution in [0.1, 0.15) is 43.6 Å². The van der Waals surface area contributed by atoms with Gasteiger partial charge >= 0.3 is 0 Å². The van der Waals surface area contributed by atoms with Gasteiger partial charge in [-0.05, 0) is 51.4 Å². The maximum atomic E-state index is 5.45. The van der Waals surface area contributed by atoms with Crippen molar-refractivity contribution in [3.05, 3.63) is 35.8 Å². The van der Waals surface area contributed by atoms with E-state index in [9.17, 15) is 0 Å². The highest BCUT2D eigenvalue weighted by molar-refractivity contribution is 14.0. The number of aryl methyl sites for hydroxylation is 2. The summed E-state index contributed by atoms with van der Waals surface area (Å²) in [5.41, 5.74) is 0. The van der Waals surface area contributed by atoms with Crippen molar-refractivity contribution in [2.45, 2.75) is 64.6 Å². The molecule has 0 spiro atoms. The first-order chi connectivity index (χ1) is 14.2. The molecule has 9 heteroatoms. The quantitative estimate of drug-likeness (QED) is 0.327. The molecule has 1 fully saturated rings. The van der Waals surface area contributed by atoms with E-state index in [4.69, 9.17) is 9.41 Å². The highest BCUT2D eigenvalue weighted by Gasteiger charge is 2.24. The highest BCUT2D eigenvalue weighted by Crippen LogP contribution is 2.17. The number of aliphatic imine (C=N–C) groups is 1. The number of rotatable bonds is 7.